The topological polar surface area (TPSA) is 54.5 Å². The molecule has 0 amide bonds. The molecule has 4 nitrogen and oxygen atoms in total. The largest absolute Gasteiger partial charge is 0.416 e. The molecule has 0 aliphatic carbocycles. The van der Waals surface area contributed by atoms with Crippen LogP contribution >= 0.6 is 11.8 Å². The van der Waals surface area contributed by atoms with E-state index in [2.05, 4.69) is 19.9 Å². The molecule has 21 heavy (non-hydrogen) atoms. The average molecular weight is 310 g/mol. The molecule has 0 fully saturated rings. The highest BCUT2D eigenvalue weighted by Crippen LogP contribution is 2.31. The van der Waals surface area contributed by atoms with Gasteiger partial charge in [-0.3, -0.25) is 0 Å². The lowest BCUT2D eigenvalue weighted by Crippen LogP contribution is -2.04. The normalized spacial score (nSPS) is 12.0. The van der Waals surface area contributed by atoms with E-state index in [1.807, 2.05) is 0 Å². The number of nitrogens with zero attached hydrogens (tertiary/aromatic N) is 3. The minimum atomic E-state index is -4.33. The first-order valence-corrected chi connectivity index (χ1v) is 6.95. The van der Waals surface area contributed by atoms with E-state index in [1.165, 1.54) is 30.5 Å². The first-order chi connectivity index (χ1) is 10.0. The number of hydrogen-bond acceptors (Lipinski definition) is 4. The minimum absolute atomic E-state index is 0.378. The molecule has 2 heterocycles. The van der Waals surface area contributed by atoms with Crippen LogP contribution in [0.4, 0.5) is 13.2 Å². The third-order valence-corrected chi connectivity index (χ3v) is 3.86. The van der Waals surface area contributed by atoms with Crippen molar-refractivity contribution in [2.75, 3.05) is 0 Å². The average Bonchev–Trinajstić information content (AvgIpc) is 2.93. The van der Waals surface area contributed by atoms with Gasteiger partial charge in [-0.1, -0.05) is 30.0 Å². The van der Waals surface area contributed by atoms with Gasteiger partial charge in [-0.25, -0.2) is 15.0 Å². The Morgan fingerprint density at radius 3 is 2.81 bits per heavy atom. The lowest BCUT2D eigenvalue weighted by atomic mass is 10.1. The summed E-state index contributed by atoms with van der Waals surface area (Å²) in [6.45, 7) is 0. The number of hydrogen-bond donors (Lipinski definition) is 1. The second-order valence-corrected chi connectivity index (χ2v) is 5.23. The Balaban J connectivity index is 1.80. The zero-order valence-corrected chi connectivity index (χ0v) is 11.4. The van der Waals surface area contributed by atoms with Gasteiger partial charge in [0.05, 0.1) is 11.9 Å². The van der Waals surface area contributed by atoms with Gasteiger partial charge >= 0.3 is 6.18 Å². The number of thioether (sulfide) groups is 1. The summed E-state index contributed by atoms with van der Waals surface area (Å²) in [5.41, 5.74) is 1.16. The number of aromatic amines is 1. The zero-order chi connectivity index (χ0) is 14.9. The molecular weight excluding hydrogens is 301 g/mol. The minimum Gasteiger partial charge on any atom is -0.329 e. The van der Waals surface area contributed by atoms with E-state index in [-0.39, 0.29) is 0 Å². The Kier molecular flexibility index (Phi) is 3.54. The van der Waals surface area contributed by atoms with Gasteiger partial charge in [-0.15, -0.1) is 0 Å². The van der Waals surface area contributed by atoms with Crippen LogP contribution in [0, 0.1) is 0 Å². The first kappa shape index (κ1) is 13.9. The van der Waals surface area contributed by atoms with Gasteiger partial charge in [0.15, 0.2) is 5.65 Å². The van der Waals surface area contributed by atoms with Gasteiger partial charge in [-0.05, 0) is 11.6 Å². The summed E-state index contributed by atoms with van der Waals surface area (Å²) < 4.78 is 38.0. The summed E-state index contributed by atoms with van der Waals surface area (Å²) in [6, 6.07) is 5.27. The molecule has 108 valence electrons. The molecule has 2 aromatic heterocycles. The molecule has 0 saturated heterocycles. The molecule has 0 spiro atoms. The van der Waals surface area contributed by atoms with Crippen LogP contribution in [0.1, 0.15) is 11.1 Å². The molecule has 0 radical (unpaired) electrons. The Morgan fingerprint density at radius 2 is 2.00 bits per heavy atom. The van der Waals surface area contributed by atoms with Gasteiger partial charge in [0.1, 0.15) is 16.9 Å². The molecule has 3 rings (SSSR count). The number of aromatic nitrogens is 4. The van der Waals surface area contributed by atoms with Gasteiger partial charge in [0.2, 0.25) is 0 Å². The van der Waals surface area contributed by atoms with E-state index in [9.17, 15) is 13.2 Å². The van der Waals surface area contributed by atoms with E-state index in [1.54, 1.807) is 6.07 Å². The maximum absolute atomic E-state index is 12.7. The Bertz CT molecular complexity index is 769. The van der Waals surface area contributed by atoms with Gasteiger partial charge in [0.25, 0.3) is 0 Å². The maximum Gasteiger partial charge on any atom is 0.416 e. The van der Waals surface area contributed by atoms with Crippen molar-refractivity contribution >= 4 is 22.9 Å². The van der Waals surface area contributed by atoms with Crippen LogP contribution in [0.5, 0.6) is 0 Å². The van der Waals surface area contributed by atoms with Gasteiger partial charge < -0.3 is 4.98 Å². The highest BCUT2D eigenvalue weighted by Gasteiger charge is 2.30. The number of rotatable bonds is 3. The summed E-state index contributed by atoms with van der Waals surface area (Å²) in [5.74, 6) is 0.378. The summed E-state index contributed by atoms with van der Waals surface area (Å²) >= 11 is 1.33. The van der Waals surface area contributed by atoms with Crippen molar-refractivity contribution in [2.24, 2.45) is 0 Å². The predicted octanol–water partition coefficient (Wildman–Crippen LogP) is 3.66. The molecule has 0 aliphatic rings. The van der Waals surface area contributed by atoms with Crippen molar-refractivity contribution in [2.45, 2.75) is 17.0 Å². The van der Waals surface area contributed by atoms with Crippen LogP contribution in [0.25, 0.3) is 11.2 Å². The summed E-state index contributed by atoms with van der Waals surface area (Å²) in [7, 11) is 0. The molecule has 1 aromatic carbocycles. The summed E-state index contributed by atoms with van der Waals surface area (Å²) in [4.78, 5) is 15.1. The number of fused-ring (bicyclic) bond motifs is 1. The number of benzene rings is 1. The number of nitrogens with one attached hydrogen (secondary N) is 1. The van der Waals surface area contributed by atoms with Crippen LogP contribution in [-0.2, 0) is 11.9 Å². The van der Waals surface area contributed by atoms with Crippen LogP contribution in [0.15, 0.2) is 41.9 Å². The molecule has 0 unspecified atom stereocenters. The SMILES string of the molecule is FC(F)(F)c1cccc(CSc2ncnc3[nH]cnc23)c1. The summed E-state index contributed by atoms with van der Waals surface area (Å²) in [5, 5.41) is 0.638. The van der Waals surface area contributed by atoms with Crippen molar-refractivity contribution in [3.8, 4) is 0 Å². The van der Waals surface area contributed by atoms with E-state index in [0.717, 1.165) is 12.1 Å². The molecule has 8 heteroatoms. The lowest BCUT2D eigenvalue weighted by Gasteiger charge is -2.08. The second-order valence-electron chi connectivity index (χ2n) is 4.27. The predicted molar refractivity (Wildman–Crippen MR) is 72.7 cm³/mol. The van der Waals surface area contributed by atoms with Gasteiger partial charge in [0, 0.05) is 5.75 Å². The number of halogens is 3. The maximum atomic E-state index is 12.7. The molecular formula is C13H9F3N4S. The van der Waals surface area contributed by atoms with Gasteiger partial charge in [-0.2, -0.15) is 13.2 Å². The third kappa shape index (κ3) is 2.99. The number of imidazole rings is 1. The fourth-order valence-electron chi connectivity index (χ4n) is 1.84. The quantitative estimate of drug-likeness (QED) is 0.592. The number of alkyl halides is 3. The van der Waals surface area contributed by atoms with Crippen LogP contribution in [0.3, 0.4) is 0 Å². The molecule has 0 saturated carbocycles. The highest BCUT2D eigenvalue weighted by molar-refractivity contribution is 7.98. The Morgan fingerprint density at radius 1 is 1.14 bits per heavy atom. The second kappa shape index (κ2) is 5.36. The summed E-state index contributed by atoms with van der Waals surface area (Å²) in [6.07, 6.45) is -1.42. The molecule has 1 N–H and O–H groups in total. The molecule has 0 atom stereocenters. The van der Waals surface area contributed by atoms with E-state index in [0.29, 0.717) is 27.5 Å². The zero-order valence-electron chi connectivity index (χ0n) is 10.6. The highest BCUT2D eigenvalue weighted by atomic mass is 32.2. The van der Waals surface area contributed by atoms with Crippen molar-refractivity contribution < 1.29 is 13.2 Å². The fourth-order valence-corrected chi connectivity index (χ4v) is 2.73. The van der Waals surface area contributed by atoms with E-state index in [4.69, 9.17) is 0 Å². The Labute approximate surface area is 121 Å². The van der Waals surface area contributed by atoms with Crippen molar-refractivity contribution in [1.29, 1.82) is 0 Å². The van der Waals surface area contributed by atoms with E-state index >= 15 is 0 Å². The van der Waals surface area contributed by atoms with Crippen LogP contribution in [-0.4, -0.2) is 19.9 Å². The lowest BCUT2D eigenvalue weighted by molar-refractivity contribution is -0.137. The van der Waals surface area contributed by atoms with Crippen molar-refractivity contribution in [3.63, 3.8) is 0 Å². The molecule has 0 bridgehead atoms. The molecule has 3 aromatic rings. The Hall–Kier alpha value is -2.09. The standard InChI is InChI=1S/C13H9F3N4S/c14-13(15,16)9-3-1-2-8(4-9)5-21-12-10-11(18-6-17-10)19-7-20-12/h1-4,6-7H,5H2,(H,17,18,19,20). The van der Waals surface area contributed by atoms with Crippen molar-refractivity contribution in [1.82, 2.24) is 19.9 Å². The first-order valence-electron chi connectivity index (χ1n) is 5.97. The van der Waals surface area contributed by atoms with Crippen molar-refractivity contribution in [3.05, 3.63) is 48.0 Å². The fraction of sp³-hybridized carbons (Fsp3) is 0.154. The third-order valence-electron chi connectivity index (χ3n) is 2.81. The van der Waals surface area contributed by atoms with E-state index < -0.39 is 11.7 Å². The van der Waals surface area contributed by atoms with Crippen LogP contribution in [0.2, 0.25) is 0 Å². The number of H-pyrrole nitrogens is 1. The smallest absolute Gasteiger partial charge is 0.329 e. The van der Waals surface area contributed by atoms with Crippen LogP contribution < -0.4 is 0 Å². The molecule has 0 aliphatic heterocycles. The monoisotopic (exact) mass is 310 g/mol.